The molecule has 0 spiro atoms. The smallest absolute Gasteiger partial charge is 0.316 e. The van der Waals surface area contributed by atoms with Crippen LogP contribution in [0.3, 0.4) is 0 Å². The molecule has 1 saturated heterocycles. The number of nitrogens with zero attached hydrogens (tertiary/aromatic N) is 2. The number of benzene rings is 1. The van der Waals surface area contributed by atoms with Crippen molar-refractivity contribution in [1.29, 1.82) is 0 Å². The van der Waals surface area contributed by atoms with Crippen molar-refractivity contribution in [3.8, 4) is 0 Å². The van der Waals surface area contributed by atoms with Crippen molar-refractivity contribution in [1.82, 2.24) is 9.88 Å². The fourth-order valence-corrected chi connectivity index (χ4v) is 2.74. The van der Waals surface area contributed by atoms with Gasteiger partial charge in [-0.2, -0.15) is 0 Å². The van der Waals surface area contributed by atoms with E-state index < -0.39 is 0 Å². The number of rotatable bonds is 2. The van der Waals surface area contributed by atoms with Gasteiger partial charge in [0.1, 0.15) is 0 Å². The minimum atomic E-state index is -0.0922. The largest absolute Gasteiger partial charge is 0.322 e. The molecule has 1 atom stereocenters. The normalized spacial score (nSPS) is 17.8. The van der Waals surface area contributed by atoms with E-state index in [4.69, 9.17) is 11.6 Å². The second-order valence-electron chi connectivity index (χ2n) is 5.04. The molecule has 108 valence electrons. The fraction of sp³-hybridized carbons (Fsp3) is 0.250. The van der Waals surface area contributed by atoms with Crippen LogP contribution in [0.4, 0.5) is 10.5 Å². The van der Waals surface area contributed by atoms with Crippen molar-refractivity contribution in [3.05, 3.63) is 59.4 Å². The first-order chi connectivity index (χ1) is 10.2. The highest BCUT2D eigenvalue weighted by Gasteiger charge is 2.30. The lowest BCUT2D eigenvalue weighted by Gasteiger charge is -2.24. The van der Waals surface area contributed by atoms with Gasteiger partial charge in [0, 0.05) is 23.5 Å². The highest BCUT2D eigenvalue weighted by atomic mass is 35.5. The summed E-state index contributed by atoms with van der Waals surface area (Å²) >= 11 is 5.85. The molecule has 4 nitrogen and oxygen atoms in total. The number of anilines is 1. The second kappa shape index (κ2) is 6.14. The lowest BCUT2D eigenvalue weighted by atomic mass is 10.1. The van der Waals surface area contributed by atoms with Gasteiger partial charge in [-0.15, -0.1) is 0 Å². The van der Waals surface area contributed by atoms with Gasteiger partial charge >= 0.3 is 6.03 Å². The highest BCUT2D eigenvalue weighted by Crippen LogP contribution is 2.31. The Hall–Kier alpha value is -2.07. The molecule has 5 heteroatoms. The second-order valence-corrected chi connectivity index (χ2v) is 5.48. The number of carbonyl (C=O) groups excluding carboxylic acids is 1. The summed E-state index contributed by atoms with van der Waals surface area (Å²) in [5.41, 5.74) is 1.69. The van der Waals surface area contributed by atoms with Crippen LogP contribution in [0.25, 0.3) is 0 Å². The SMILES string of the molecule is O=C(Nc1ccc(Cl)cc1)N1CCCC1c1ccccn1. The molecule has 1 aromatic carbocycles. The number of pyridine rings is 1. The van der Waals surface area contributed by atoms with Gasteiger partial charge in [-0.25, -0.2) is 4.79 Å². The van der Waals surface area contributed by atoms with Crippen molar-refractivity contribution >= 4 is 23.3 Å². The van der Waals surface area contributed by atoms with Crippen LogP contribution in [0.1, 0.15) is 24.6 Å². The van der Waals surface area contributed by atoms with Crippen LogP contribution in [0.2, 0.25) is 5.02 Å². The van der Waals surface area contributed by atoms with Gasteiger partial charge in [0.15, 0.2) is 0 Å². The van der Waals surface area contributed by atoms with E-state index in [2.05, 4.69) is 10.3 Å². The van der Waals surface area contributed by atoms with E-state index in [1.807, 2.05) is 23.1 Å². The molecule has 1 N–H and O–H groups in total. The minimum absolute atomic E-state index is 0.0542. The Labute approximate surface area is 128 Å². The maximum atomic E-state index is 12.4. The number of nitrogens with one attached hydrogen (secondary N) is 1. The zero-order valence-electron chi connectivity index (χ0n) is 11.5. The van der Waals surface area contributed by atoms with Crippen molar-refractivity contribution in [2.24, 2.45) is 0 Å². The summed E-state index contributed by atoms with van der Waals surface area (Å²) in [5, 5.41) is 3.56. The molecular weight excluding hydrogens is 286 g/mol. The quantitative estimate of drug-likeness (QED) is 0.907. The number of carbonyl (C=O) groups is 1. The monoisotopic (exact) mass is 301 g/mol. The maximum Gasteiger partial charge on any atom is 0.322 e. The summed E-state index contributed by atoms with van der Waals surface area (Å²) < 4.78 is 0. The Kier molecular flexibility index (Phi) is 4.06. The standard InChI is InChI=1S/C16H16ClN3O/c17-12-6-8-13(9-7-12)19-16(21)20-11-3-5-15(20)14-4-1-2-10-18-14/h1-2,4,6-10,15H,3,5,11H2,(H,19,21). The van der Waals surface area contributed by atoms with Crippen LogP contribution in [-0.2, 0) is 0 Å². The maximum absolute atomic E-state index is 12.4. The van der Waals surface area contributed by atoms with Crippen molar-refractivity contribution in [2.75, 3.05) is 11.9 Å². The van der Waals surface area contributed by atoms with Crippen LogP contribution in [0.5, 0.6) is 0 Å². The molecule has 21 heavy (non-hydrogen) atoms. The predicted molar refractivity (Wildman–Crippen MR) is 83.4 cm³/mol. The zero-order chi connectivity index (χ0) is 14.7. The summed E-state index contributed by atoms with van der Waals surface area (Å²) in [7, 11) is 0. The molecule has 0 bridgehead atoms. The van der Waals surface area contributed by atoms with Gasteiger partial charge < -0.3 is 10.2 Å². The molecule has 1 fully saturated rings. The number of aromatic nitrogens is 1. The molecule has 1 aliphatic heterocycles. The fourth-order valence-electron chi connectivity index (χ4n) is 2.62. The first-order valence-electron chi connectivity index (χ1n) is 6.98. The van der Waals surface area contributed by atoms with Gasteiger partial charge in [-0.05, 0) is 49.2 Å². The molecule has 3 rings (SSSR count). The molecule has 1 aromatic heterocycles. The Morgan fingerprint density at radius 2 is 2.05 bits per heavy atom. The summed E-state index contributed by atoms with van der Waals surface area (Å²) in [5.74, 6) is 0. The third kappa shape index (κ3) is 3.16. The third-order valence-electron chi connectivity index (χ3n) is 3.64. The lowest BCUT2D eigenvalue weighted by molar-refractivity contribution is 0.206. The van der Waals surface area contributed by atoms with Crippen molar-refractivity contribution in [3.63, 3.8) is 0 Å². The number of hydrogen-bond acceptors (Lipinski definition) is 2. The number of halogens is 1. The van der Waals surface area contributed by atoms with Gasteiger partial charge in [-0.3, -0.25) is 4.98 Å². The predicted octanol–water partition coefficient (Wildman–Crippen LogP) is 4.10. The molecule has 0 radical (unpaired) electrons. The third-order valence-corrected chi connectivity index (χ3v) is 3.89. The van der Waals surface area contributed by atoms with Crippen molar-refractivity contribution < 1.29 is 4.79 Å². The van der Waals surface area contributed by atoms with Gasteiger partial charge in [-0.1, -0.05) is 17.7 Å². The van der Waals surface area contributed by atoms with E-state index in [9.17, 15) is 4.79 Å². The number of urea groups is 1. The Balaban J connectivity index is 1.73. The van der Waals surface area contributed by atoms with Crippen LogP contribution in [0, 0.1) is 0 Å². The first kappa shape index (κ1) is 13.9. The first-order valence-corrected chi connectivity index (χ1v) is 7.36. The average molecular weight is 302 g/mol. The van der Waals surface area contributed by atoms with E-state index in [0.29, 0.717) is 5.02 Å². The number of amides is 2. The van der Waals surface area contributed by atoms with Crippen LogP contribution >= 0.6 is 11.6 Å². The van der Waals surface area contributed by atoms with E-state index in [1.54, 1.807) is 30.5 Å². The number of likely N-dealkylation sites (tertiary alicyclic amines) is 1. The van der Waals surface area contributed by atoms with Gasteiger partial charge in [0.05, 0.1) is 11.7 Å². The minimum Gasteiger partial charge on any atom is -0.316 e. The summed E-state index contributed by atoms with van der Waals surface area (Å²) in [6, 6.07) is 12.9. The van der Waals surface area contributed by atoms with Crippen molar-refractivity contribution in [2.45, 2.75) is 18.9 Å². The van der Waals surface area contributed by atoms with E-state index >= 15 is 0 Å². The lowest BCUT2D eigenvalue weighted by Crippen LogP contribution is -2.34. The van der Waals surface area contributed by atoms with Crippen LogP contribution in [0.15, 0.2) is 48.7 Å². The molecular formula is C16H16ClN3O. The van der Waals surface area contributed by atoms with Gasteiger partial charge in [0.25, 0.3) is 0 Å². The van der Waals surface area contributed by atoms with E-state index in [0.717, 1.165) is 30.8 Å². The number of hydrogen-bond donors (Lipinski definition) is 1. The average Bonchev–Trinajstić information content (AvgIpc) is 3.00. The molecule has 1 aliphatic rings. The van der Waals surface area contributed by atoms with E-state index in [1.165, 1.54) is 0 Å². The summed E-state index contributed by atoms with van der Waals surface area (Å²) in [6.07, 6.45) is 3.71. The molecule has 0 aliphatic carbocycles. The molecule has 2 aromatic rings. The Bertz CT molecular complexity index is 615. The molecule has 2 heterocycles. The Morgan fingerprint density at radius 3 is 2.76 bits per heavy atom. The Morgan fingerprint density at radius 1 is 1.24 bits per heavy atom. The summed E-state index contributed by atoms with van der Waals surface area (Å²) in [4.78, 5) is 18.7. The molecule has 2 amide bonds. The molecule has 0 saturated carbocycles. The van der Waals surface area contributed by atoms with Crippen LogP contribution < -0.4 is 5.32 Å². The van der Waals surface area contributed by atoms with Crippen LogP contribution in [-0.4, -0.2) is 22.5 Å². The topological polar surface area (TPSA) is 45.2 Å². The zero-order valence-corrected chi connectivity index (χ0v) is 12.3. The van der Waals surface area contributed by atoms with E-state index in [-0.39, 0.29) is 12.1 Å². The molecule has 1 unspecified atom stereocenters. The summed E-state index contributed by atoms with van der Waals surface area (Å²) in [6.45, 7) is 0.751. The van der Waals surface area contributed by atoms with Gasteiger partial charge in [0.2, 0.25) is 0 Å². The highest BCUT2D eigenvalue weighted by molar-refractivity contribution is 6.30.